The first kappa shape index (κ1) is 53.3. The summed E-state index contributed by atoms with van der Waals surface area (Å²) in [6.07, 6.45) is 5.08. The van der Waals surface area contributed by atoms with Gasteiger partial charge in [0.05, 0.1) is 75.2 Å². The Morgan fingerprint density at radius 2 is 1.46 bits per heavy atom. The zero-order valence-electron chi connectivity index (χ0n) is 44.0. The molecule has 4 aromatic carbocycles. The van der Waals surface area contributed by atoms with Crippen LogP contribution in [-0.2, 0) is 20.9 Å². The highest BCUT2D eigenvalue weighted by molar-refractivity contribution is 6.06. The van der Waals surface area contributed by atoms with Crippen LogP contribution in [0.2, 0.25) is 0 Å². The van der Waals surface area contributed by atoms with Crippen molar-refractivity contribution in [2.45, 2.75) is 103 Å². The number of hydrogen-bond donors (Lipinski definition) is 5. The van der Waals surface area contributed by atoms with E-state index in [1.165, 1.54) is 7.11 Å². The number of fused-ring (bicyclic) bond motifs is 4. The Morgan fingerprint density at radius 1 is 0.789 bits per heavy atom. The van der Waals surface area contributed by atoms with Crippen molar-refractivity contribution in [2.24, 2.45) is 23.5 Å². The lowest BCUT2D eigenvalue weighted by Gasteiger charge is -2.31. The minimum atomic E-state index is -1.42. The van der Waals surface area contributed by atoms with Gasteiger partial charge >= 0.3 is 6.09 Å². The van der Waals surface area contributed by atoms with Crippen LogP contribution in [-0.4, -0.2) is 123 Å². The number of carbonyl (C=O) groups excluding carboxylic acids is 5. The van der Waals surface area contributed by atoms with Gasteiger partial charge in [0.2, 0.25) is 11.8 Å². The summed E-state index contributed by atoms with van der Waals surface area (Å²) in [7, 11) is 4.67. The fourth-order valence-electron chi connectivity index (χ4n) is 10.4. The SMILES string of the molecule is COc1ccc(C2=CN3C(=O)c4cc(OC)c(OCCCCCOc5cc6c(cc5OC)C(=O)N5CC(C7CC7)C[C@H]5C(O)N6C(=O)OCc5ccc(NC(=O)C(C)NC(=O)[C@H](N)C(C)C)cc5)cc4NC[C@H]3C2)cc1. The molecule has 0 aromatic heterocycles. The van der Waals surface area contributed by atoms with Crippen LogP contribution in [0.4, 0.5) is 21.9 Å². The van der Waals surface area contributed by atoms with Crippen molar-refractivity contribution in [3.05, 3.63) is 101 Å². The summed E-state index contributed by atoms with van der Waals surface area (Å²) >= 11 is 0. The number of unbranched alkanes of at least 4 members (excludes halogenated alkanes) is 2. The van der Waals surface area contributed by atoms with Gasteiger partial charge in [-0.1, -0.05) is 38.1 Å². The maximum atomic E-state index is 14.4. The molecule has 0 bridgehead atoms. The average molecular weight is 1040 g/mol. The molecular formula is C57H69N7O12. The zero-order chi connectivity index (χ0) is 53.8. The van der Waals surface area contributed by atoms with Gasteiger partial charge in [-0.05, 0) is 123 Å². The minimum absolute atomic E-state index is 0.0530. The fourth-order valence-corrected chi connectivity index (χ4v) is 10.4. The molecule has 0 spiro atoms. The van der Waals surface area contributed by atoms with E-state index in [0.29, 0.717) is 91.0 Å². The van der Waals surface area contributed by atoms with Crippen LogP contribution in [0.5, 0.6) is 28.7 Å². The number of nitrogens with zero attached hydrogens (tertiary/aromatic N) is 3. The van der Waals surface area contributed by atoms with Crippen LogP contribution >= 0.6 is 0 Å². The van der Waals surface area contributed by atoms with Gasteiger partial charge in [0.15, 0.2) is 29.2 Å². The molecule has 1 saturated carbocycles. The lowest BCUT2D eigenvalue weighted by Crippen LogP contribution is -2.50. The van der Waals surface area contributed by atoms with Crippen molar-refractivity contribution < 1.29 is 57.5 Å². The molecule has 76 heavy (non-hydrogen) atoms. The smallest absolute Gasteiger partial charge is 0.416 e. The lowest BCUT2D eigenvalue weighted by atomic mass is 9.99. The van der Waals surface area contributed by atoms with Crippen molar-refractivity contribution in [2.75, 3.05) is 63.2 Å². The normalized spacial score (nSPS) is 20.4. The number of methoxy groups -OCH3 is 3. The highest BCUT2D eigenvalue weighted by Gasteiger charge is 2.51. The predicted octanol–water partition coefficient (Wildman–Crippen LogP) is 7.16. The Bertz CT molecular complexity index is 2840. The average Bonchev–Trinajstić information content (AvgIpc) is 4.18. The molecule has 4 aliphatic heterocycles. The van der Waals surface area contributed by atoms with E-state index in [9.17, 15) is 29.1 Å². The molecule has 9 rings (SSSR count). The molecule has 404 valence electrons. The number of benzene rings is 4. The van der Waals surface area contributed by atoms with E-state index in [1.54, 1.807) is 73.4 Å². The highest BCUT2D eigenvalue weighted by Crippen LogP contribution is 2.48. The van der Waals surface area contributed by atoms with E-state index in [-0.39, 0.29) is 59.9 Å². The third-order valence-electron chi connectivity index (χ3n) is 15.1. The number of amides is 5. The second-order valence-electron chi connectivity index (χ2n) is 20.5. The number of carbonyl (C=O) groups is 5. The van der Waals surface area contributed by atoms with Crippen LogP contribution in [0.25, 0.3) is 5.57 Å². The van der Waals surface area contributed by atoms with E-state index in [0.717, 1.165) is 41.0 Å². The van der Waals surface area contributed by atoms with Crippen molar-refractivity contribution in [3.8, 4) is 28.7 Å². The van der Waals surface area contributed by atoms with E-state index in [4.69, 9.17) is 34.2 Å². The molecular weight excluding hydrogens is 975 g/mol. The van der Waals surface area contributed by atoms with Crippen molar-refractivity contribution >= 4 is 52.4 Å². The second kappa shape index (κ2) is 23.2. The first-order valence-corrected chi connectivity index (χ1v) is 26.2. The first-order valence-electron chi connectivity index (χ1n) is 26.2. The van der Waals surface area contributed by atoms with Gasteiger partial charge in [0.1, 0.15) is 18.4 Å². The fraction of sp³-hybridized carbons (Fsp3) is 0.456. The van der Waals surface area contributed by atoms with Crippen molar-refractivity contribution in [1.29, 1.82) is 0 Å². The topological polar surface area (TPSA) is 233 Å². The summed E-state index contributed by atoms with van der Waals surface area (Å²) in [5.74, 6) is 1.63. The van der Waals surface area contributed by atoms with Crippen LogP contribution in [0.15, 0.2) is 79.0 Å². The first-order chi connectivity index (χ1) is 36.6. The van der Waals surface area contributed by atoms with Gasteiger partial charge in [-0.3, -0.25) is 19.2 Å². The number of anilines is 3. The van der Waals surface area contributed by atoms with Gasteiger partial charge < -0.3 is 65.0 Å². The van der Waals surface area contributed by atoms with Crippen LogP contribution in [0.3, 0.4) is 0 Å². The Labute approximate surface area is 442 Å². The number of aliphatic hydroxyl groups excluding tert-OH is 1. The molecule has 4 aromatic rings. The number of hydrogen-bond acceptors (Lipinski definition) is 14. The Kier molecular flexibility index (Phi) is 16.3. The molecule has 3 unspecified atom stereocenters. The second-order valence-corrected chi connectivity index (χ2v) is 20.5. The molecule has 0 radical (unpaired) electrons. The molecule has 4 heterocycles. The molecule has 5 amide bonds. The van der Waals surface area contributed by atoms with Gasteiger partial charge in [0.25, 0.3) is 11.8 Å². The molecule has 19 heteroatoms. The van der Waals surface area contributed by atoms with Crippen molar-refractivity contribution in [1.82, 2.24) is 15.1 Å². The third-order valence-corrected chi connectivity index (χ3v) is 15.1. The summed E-state index contributed by atoms with van der Waals surface area (Å²) in [6, 6.07) is 18.9. The number of ether oxygens (including phenoxy) is 6. The summed E-state index contributed by atoms with van der Waals surface area (Å²) < 4.78 is 35.1. The lowest BCUT2D eigenvalue weighted by molar-refractivity contribution is -0.127. The summed E-state index contributed by atoms with van der Waals surface area (Å²) in [6.45, 7) is 6.71. The van der Waals surface area contributed by atoms with E-state index in [1.807, 2.05) is 50.4 Å². The maximum absolute atomic E-state index is 14.4. The Balaban J connectivity index is 0.818. The van der Waals surface area contributed by atoms with Crippen LogP contribution in [0, 0.1) is 17.8 Å². The Morgan fingerprint density at radius 3 is 2.11 bits per heavy atom. The zero-order valence-corrected chi connectivity index (χ0v) is 44.0. The maximum Gasteiger partial charge on any atom is 0.416 e. The van der Waals surface area contributed by atoms with Crippen molar-refractivity contribution in [3.63, 3.8) is 0 Å². The van der Waals surface area contributed by atoms with Gasteiger partial charge in [-0.2, -0.15) is 0 Å². The molecule has 5 aliphatic rings. The summed E-state index contributed by atoms with van der Waals surface area (Å²) in [5, 5.41) is 21.0. The Hall–Kier alpha value is -7.51. The largest absolute Gasteiger partial charge is 0.497 e. The highest BCUT2D eigenvalue weighted by atomic mass is 16.6. The van der Waals surface area contributed by atoms with E-state index < -0.39 is 42.3 Å². The number of rotatable bonds is 20. The van der Waals surface area contributed by atoms with E-state index >= 15 is 0 Å². The third kappa shape index (κ3) is 11.5. The molecule has 1 aliphatic carbocycles. The van der Waals surface area contributed by atoms with Gasteiger partial charge in [-0.25, -0.2) is 9.69 Å². The quantitative estimate of drug-likeness (QED) is 0.0553. The molecule has 2 fully saturated rings. The van der Waals surface area contributed by atoms with Gasteiger partial charge in [0, 0.05) is 37.1 Å². The standard InChI is InChI=1S/C57H69N7O12/c1-32(2)51(58)53(66)60-33(3)52(65)61-39-16-10-34(11-17-39)31-76-57(70)64-45-27-50(48(73-6)25-43(45)55(68)63-30-38(35-12-13-35)23-46(63)56(64)69)75-21-9-7-8-20-74-49-26-44-42(24-47(49)72-5)54(67)62-29-37(22-40(62)28-59-44)36-14-18-41(71-4)19-15-36/h10-11,14-19,24-27,29,32-33,35,38,40,46,51,56,59,69H,7-9,12-13,20-23,28,30-31,58H2,1-6H3,(H,60,66)(H,61,65)/t33?,38?,40-,46+,51-,56?/m1/s1. The van der Waals surface area contributed by atoms with Crippen LogP contribution < -0.4 is 50.3 Å². The molecule has 1 saturated heterocycles. The molecule has 19 nitrogen and oxygen atoms in total. The molecule has 6 atom stereocenters. The number of nitrogens with one attached hydrogen (secondary N) is 3. The minimum Gasteiger partial charge on any atom is -0.497 e. The van der Waals surface area contributed by atoms with E-state index in [2.05, 4.69) is 16.0 Å². The molecule has 6 N–H and O–H groups in total. The van der Waals surface area contributed by atoms with Gasteiger partial charge in [-0.15, -0.1) is 0 Å². The number of aliphatic hydroxyl groups is 1. The van der Waals surface area contributed by atoms with Crippen LogP contribution in [0.1, 0.15) is 97.6 Å². The monoisotopic (exact) mass is 1040 g/mol. The predicted molar refractivity (Wildman–Crippen MR) is 285 cm³/mol. The summed E-state index contributed by atoms with van der Waals surface area (Å²) in [4.78, 5) is 72.5. The summed E-state index contributed by atoms with van der Waals surface area (Å²) in [5.41, 5.74) is 10.6. The number of nitrogens with two attached hydrogens (primary N) is 1.